The molecule has 3 aromatic rings. The van der Waals surface area contributed by atoms with E-state index in [0.29, 0.717) is 50.6 Å². The van der Waals surface area contributed by atoms with E-state index in [1.54, 1.807) is 24.4 Å². The molecule has 218 valence electrons. The van der Waals surface area contributed by atoms with Gasteiger partial charge >= 0.3 is 6.36 Å². The molecule has 0 saturated carbocycles. The summed E-state index contributed by atoms with van der Waals surface area (Å²) in [5.41, 5.74) is 3.68. The summed E-state index contributed by atoms with van der Waals surface area (Å²) in [5, 5.41) is 16.5. The third-order valence-electron chi connectivity index (χ3n) is 7.28. The molecular formula is C28H29F3N4O4S2. The molecule has 2 aromatic heterocycles. The largest absolute Gasteiger partial charge is 0.573 e. The topological polar surface area (TPSA) is 94.5 Å². The molecule has 5 rings (SSSR count). The third-order valence-corrected chi connectivity index (χ3v) is 9.37. The summed E-state index contributed by atoms with van der Waals surface area (Å²) >= 11 is 2.30. The number of halogens is 3. The van der Waals surface area contributed by atoms with Crippen LogP contribution < -0.4 is 10.2 Å². The average molecular weight is 607 g/mol. The minimum atomic E-state index is -4.79. The zero-order chi connectivity index (χ0) is 29.1. The molecule has 0 radical (unpaired) electrons. The first-order valence-electron chi connectivity index (χ1n) is 13.2. The Balaban J connectivity index is 1.17. The van der Waals surface area contributed by atoms with Crippen molar-refractivity contribution in [2.45, 2.75) is 45.0 Å². The van der Waals surface area contributed by atoms with Crippen LogP contribution in [0.5, 0.6) is 11.5 Å². The molecule has 0 spiro atoms. The summed E-state index contributed by atoms with van der Waals surface area (Å²) in [6, 6.07) is 8.96. The first-order valence-corrected chi connectivity index (χ1v) is 14.9. The van der Waals surface area contributed by atoms with E-state index in [0.717, 1.165) is 37.3 Å². The Bertz CT molecular complexity index is 1420. The molecular weight excluding hydrogens is 577 g/mol. The number of amides is 2. The number of alkyl halides is 3. The van der Waals surface area contributed by atoms with Gasteiger partial charge in [0.1, 0.15) is 11.5 Å². The Kier molecular flexibility index (Phi) is 8.66. The molecule has 41 heavy (non-hydrogen) atoms. The van der Waals surface area contributed by atoms with E-state index in [2.05, 4.69) is 20.2 Å². The summed E-state index contributed by atoms with van der Waals surface area (Å²) in [7, 11) is 0. The van der Waals surface area contributed by atoms with Gasteiger partial charge in [-0.2, -0.15) is 5.10 Å². The van der Waals surface area contributed by atoms with E-state index in [-0.39, 0.29) is 17.4 Å². The van der Waals surface area contributed by atoms with Crippen LogP contribution in [0.15, 0.2) is 46.9 Å². The normalized spacial score (nSPS) is 17.2. The lowest BCUT2D eigenvalue weighted by Crippen LogP contribution is -2.45. The number of carbonyl (C=O) groups is 2. The van der Waals surface area contributed by atoms with E-state index in [4.69, 9.17) is 0 Å². The van der Waals surface area contributed by atoms with Crippen LogP contribution in [0.1, 0.15) is 57.5 Å². The SMILES string of the molecule is C/C(=N\NC(=O)c1ccc(C(=O)N2CCC(N3CCCC3)CC2)s1)c1csc(-c2ccc(OC(F)(F)F)cc2)c1O. The van der Waals surface area contributed by atoms with Crippen LogP contribution in [0, 0.1) is 0 Å². The average Bonchev–Trinajstić information content (AvgIpc) is 3.73. The van der Waals surface area contributed by atoms with Crippen molar-refractivity contribution in [1.82, 2.24) is 15.2 Å². The first kappa shape index (κ1) is 29.1. The Morgan fingerprint density at radius 3 is 2.34 bits per heavy atom. The monoisotopic (exact) mass is 606 g/mol. The summed E-state index contributed by atoms with van der Waals surface area (Å²) < 4.78 is 41.1. The van der Waals surface area contributed by atoms with Crippen molar-refractivity contribution in [1.29, 1.82) is 0 Å². The van der Waals surface area contributed by atoms with Crippen molar-refractivity contribution in [3.63, 3.8) is 0 Å². The fraction of sp³-hybridized carbons (Fsp3) is 0.393. The lowest BCUT2D eigenvalue weighted by Gasteiger charge is -2.36. The Hall–Kier alpha value is -3.42. The first-order chi connectivity index (χ1) is 19.6. The molecule has 0 aliphatic carbocycles. The number of carbonyl (C=O) groups excluding carboxylic acids is 2. The van der Waals surface area contributed by atoms with Crippen LogP contribution in [-0.2, 0) is 0 Å². The van der Waals surface area contributed by atoms with Crippen molar-refractivity contribution >= 4 is 40.2 Å². The maximum Gasteiger partial charge on any atom is 0.573 e. The number of hydrogen-bond acceptors (Lipinski definition) is 8. The van der Waals surface area contributed by atoms with Crippen molar-refractivity contribution < 1.29 is 32.6 Å². The fourth-order valence-corrected chi connectivity index (χ4v) is 7.02. The van der Waals surface area contributed by atoms with E-state index in [9.17, 15) is 27.9 Å². The van der Waals surface area contributed by atoms with Crippen LogP contribution in [0.4, 0.5) is 13.2 Å². The Morgan fingerprint density at radius 1 is 1.02 bits per heavy atom. The predicted molar refractivity (Wildman–Crippen MR) is 152 cm³/mol. The van der Waals surface area contributed by atoms with Gasteiger partial charge < -0.3 is 19.6 Å². The van der Waals surface area contributed by atoms with E-state index in [1.165, 1.54) is 48.4 Å². The maximum atomic E-state index is 13.0. The summed E-state index contributed by atoms with van der Waals surface area (Å²) in [6.07, 6.45) is -0.359. The van der Waals surface area contributed by atoms with Crippen molar-refractivity contribution in [3.05, 3.63) is 57.1 Å². The fourth-order valence-electron chi connectivity index (χ4n) is 5.14. The van der Waals surface area contributed by atoms with Crippen LogP contribution in [0.3, 0.4) is 0 Å². The molecule has 4 heterocycles. The third kappa shape index (κ3) is 6.91. The number of piperidine rings is 1. The molecule has 2 aliphatic rings. The molecule has 0 atom stereocenters. The summed E-state index contributed by atoms with van der Waals surface area (Å²) in [6.45, 7) is 5.33. The number of benzene rings is 1. The smallest absolute Gasteiger partial charge is 0.506 e. The number of nitrogens with zero attached hydrogens (tertiary/aromatic N) is 3. The van der Waals surface area contributed by atoms with Gasteiger partial charge in [0.15, 0.2) is 0 Å². The lowest BCUT2D eigenvalue weighted by atomic mass is 10.0. The number of likely N-dealkylation sites (tertiary alicyclic amines) is 2. The van der Waals surface area contributed by atoms with Crippen LogP contribution in [0.25, 0.3) is 10.4 Å². The molecule has 2 aliphatic heterocycles. The predicted octanol–water partition coefficient (Wildman–Crippen LogP) is 5.94. The molecule has 8 nitrogen and oxygen atoms in total. The minimum Gasteiger partial charge on any atom is -0.506 e. The Labute approximate surface area is 243 Å². The highest BCUT2D eigenvalue weighted by Crippen LogP contribution is 2.39. The number of thiophene rings is 2. The minimum absolute atomic E-state index is 0.0673. The summed E-state index contributed by atoms with van der Waals surface area (Å²) in [5.74, 6) is -1.01. The van der Waals surface area contributed by atoms with Crippen LogP contribution >= 0.6 is 22.7 Å². The number of aromatic hydroxyl groups is 1. The zero-order valence-corrected chi connectivity index (χ0v) is 23.9. The highest BCUT2D eigenvalue weighted by Gasteiger charge is 2.31. The second-order valence-electron chi connectivity index (χ2n) is 9.97. The van der Waals surface area contributed by atoms with Gasteiger partial charge in [-0.3, -0.25) is 9.59 Å². The number of rotatable bonds is 7. The number of nitrogens with one attached hydrogen (secondary N) is 1. The van der Waals surface area contributed by atoms with Crippen molar-refractivity contribution in [2.24, 2.45) is 5.10 Å². The maximum absolute atomic E-state index is 13.0. The molecule has 0 unspecified atom stereocenters. The highest BCUT2D eigenvalue weighted by atomic mass is 32.1. The molecule has 2 N–H and O–H groups in total. The van der Waals surface area contributed by atoms with Crippen LogP contribution in [0.2, 0.25) is 0 Å². The van der Waals surface area contributed by atoms with Crippen LogP contribution in [-0.4, -0.2) is 71.0 Å². The number of ether oxygens (including phenoxy) is 1. The van der Waals surface area contributed by atoms with Gasteiger partial charge in [0.05, 0.1) is 25.9 Å². The number of hydrazone groups is 1. The molecule has 2 fully saturated rings. The molecule has 13 heteroatoms. The van der Waals surface area contributed by atoms with Crippen molar-refractivity contribution in [3.8, 4) is 21.9 Å². The molecule has 1 aromatic carbocycles. The van der Waals surface area contributed by atoms with Crippen molar-refractivity contribution in [2.75, 3.05) is 26.2 Å². The van der Waals surface area contributed by atoms with Gasteiger partial charge in [0, 0.05) is 24.5 Å². The van der Waals surface area contributed by atoms with Gasteiger partial charge in [0.25, 0.3) is 11.8 Å². The standard InChI is InChI=1S/C28H29F3N4O4S2/c1-17(21-16-40-25(24(21)36)18-4-6-20(7-5-18)39-28(29,30)31)32-33-26(37)22-8-9-23(41-22)27(38)35-14-10-19(11-15-35)34-12-2-3-13-34/h4-9,16,19,36H,2-3,10-15H2,1H3,(H,33,37)/b32-17+. The second-order valence-corrected chi connectivity index (χ2v) is 11.9. The lowest BCUT2D eigenvalue weighted by molar-refractivity contribution is -0.274. The van der Waals surface area contributed by atoms with Gasteiger partial charge in [-0.05, 0) is 87.7 Å². The highest BCUT2D eigenvalue weighted by molar-refractivity contribution is 7.16. The summed E-state index contributed by atoms with van der Waals surface area (Å²) in [4.78, 5) is 31.4. The molecule has 2 amide bonds. The van der Waals surface area contributed by atoms with Gasteiger partial charge in [-0.25, -0.2) is 5.43 Å². The Morgan fingerprint density at radius 2 is 1.68 bits per heavy atom. The van der Waals surface area contributed by atoms with E-state index >= 15 is 0 Å². The van der Waals surface area contributed by atoms with Gasteiger partial charge in [-0.1, -0.05) is 0 Å². The quantitative estimate of drug-likeness (QED) is 0.257. The second kappa shape index (κ2) is 12.2. The van der Waals surface area contributed by atoms with Gasteiger partial charge in [-0.15, -0.1) is 35.8 Å². The molecule has 0 bridgehead atoms. The zero-order valence-electron chi connectivity index (χ0n) is 22.2. The van der Waals surface area contributed by atoms with E-state index < -0.39 is 12.3 Å². The molecule has 2 saturated heterocycles. The number of hydrogen-bond donors (Lipinski definition) is 2. The van der Waals surface area contributed by atoms with Gasteiger partial charge in [0.2, 0.25) is 0 Å². The van der Waals surface area contributed by atoms with E-state index in [1.807, 2.05) is 4.90 Å².